The molecule has 9 heteroatoms. The second-order valence-corrected chi connectivity index (χ2v) is 7.65. The molecule has 1 N–H and O–H groups in total. The van der Waals surface area contributed by atoms with Crippen LogP contribution in [0.2, 0.25) is 10.0 Å². The van der Waals surface area contributed by atoms with Crippen LogP contribution in [0.3, 0.4) is 0 Å². The molecule has 0 saturated carbocycles. The summed E-state index contributed by atoms with van der Waals surface area (Å²) in [6.45, 7) is 3.48. The van der Waals surface area contributed by atoms with Crippen LogP contribution in [0, 0.1) is 13.8 Å². The normalized spacial score (nSPS) is 11.1. The van der Waals surface area contributed by atoms with Gasteiger partial charge < -0.3 is 5.32 Å². The first-order valence-corrected chi connectivity index (χ1v) is 9.86. The number of hydrogen-bond donors (Lipinski definition) is 1. The van der Waals surface area contributed by atoms with Crippen LogP contribution in [0.25, 0.3) is 16.6 Å². The number of fused-ring (bicyclic) bond motifs is 1. The van der Waals surface area contributed by atoms with Crippen molar-refractivity contribution in [3.63, 3.8) is 0 Å². The van der Waals surface area contributed by atoms with E-state index in [2.05, 4.69) is 15.4 Å². The number of nitrogens with one attached hydrogen (secondary N) is 1. The lowest BCUT2D eigenvalue weighted by Gasteiger charge is -2.09. The number of carbonyl (C=O) groups is 1. The predicted molar refractivity (Wildman–Crippen MR) is 118 cm³/mol. The molecule has 0 saturated heterocycles. The van der Waals surface area contributed by atoms with Crippen LogP contribution in [0.4, 0.5) is 5.69 Å². The van der Waals surface area contributed by atoms with E-state index >= 15 is 0 Å². The van der Waals surface area contributed by atoms with Gasteiger partial charge in [0.25, 0.3) is 5.56 Å². The molecule has 0 unspecified atom stereocenters. The van der Waals surface area contributed by atoms with Gasteiger partial charge in [0.05, 0.1) is 45.0 Å². The highest BCUT2D eigenvalue weighted by atomic mass is 35.5. The largest absolute Gasteiger partial charge is 0.321 e. The zero-order valence-electron chi connectivity index (χ0n) is 16.2. The molecule has 0 aliphatic rings. The van der Waals surface area contributed by atoms with Crippen LogP contribution in [0.15, 0.2) is 53.6 Å². The van der Waals surface area contributed by atoms with Crippen molar-refractivity contribution in [2.75, 3.05) is 5.32 Å². The van der Waals surface area contributed by atoms with Crippen molar-refractivity contribution in [2.45, 2.75) is 20.4 Å². The van der Waals surface area contributed by atoms with E-state index in [-0.39, 0.29) is 22.9 Å². The number of aromatic nitrogens is 4. The van der Waals surface area contributed by atoms with Gasteiger partial charge in [-0.2, -0.15) is 5.10 Å². The number of carbonyl (C=O) groups excluding carboxylic acids is 1. The number of para-hydroxylation sites is 1. The summed E-state index contributed by atoms with van der Waals surface area (Å²) in [6, 6.07) is 12.6. The van der Waals surface area contributed by atoms with Crippen LogP contribution >= 0.6 is 23.2 Å². The van der Waals surface area contributed by atoms with E-state index in [9.17, 15) is 9.59 Å². The monoisotopic (exact) mass is 441 g/mol. The standard InChI is InChI=1S/C21H17Cl2N5O2/c1-12-19(13(2)28(26-12)15-6-4-3-5-7-15)25-18(29)10-27-11-24-20-16(21(27)30)8-14(22)9-17(20)23/h3-9,11H,10H2,1-2H3,(H,25,29). The molecule has 0 bridgehead atoms. The second-order valence-electron chi connectivity index (χ2n) is 6.80. The summed E-state index contributed by atoms with van der Waals surface area (Å²) in [4.78, 5) is 29.6. The lowest BCUT2D eigenvalue weighted by molar-refractivity contribution is -0.116. The maximum Gasteiger partial charge on any atom is 0.261 e. The zero-order valence-corrected chi connectivity index (χ0v) is 17.7. The van der Waals surface area contributed by atoms with Gasteiger partial charge >= 0.3 is 0 Å². The van der Waals surface area contributed by atoms with Crippen molar-refractivity contribution in [2.24, 2.45) is 0 Å². The number of amides is 1. The number of rotatable bonds is 4. The molecule has 30 heavy (non-hydrogen) atoms. The molecule has 0 fully saturated rings. The molecule has 0 radical (unpaired) electrons. The third-order valence-electron chi connectivity index (χ3n) is 4.72. The number of benzene rings is 2. The van der Waals surface area contributed by atoms with Gasteiger partial charge in [-0.05, 0) is 38.1 Å². The summed E-state index contributed by atoms with van der Waals surface area (Å²) >= 11 is 12.1. The Hall–Kier alpha value is -3.16. The molecule has 2 aromatic heterocycles. The molecule has 0 aliphatic carbocycles. The van der Waals surface area contributed by atoms with E-state index in [1.807, 2.05) is 44.2 Å². The average molecular weight is 442 g/mol. The van der Waals surface area contributed by atoms with Crippen LogP contribution in [0.1, 0.15) is 11.4 Å². The lowest BCUT2D eigenvalue weighted by Crippen LogP contribution is -2.28. The summed E-state index contributed by atoms with van der Waals surface area (Å²) < 4.78 is 2.98. The fraction of sp³-hybridized carbons (Fsp3) is 0.143. The lowest BCUT2D eigenvalue weighted by atomic mass is 10.2. The molecule has 152 valence electrons. The average Bonchev–Trinajstić information content (AvgIpc) is 2.99. The third-order valence-corrected chi connectivity index (χ3v) is 5.22. The minimum absolute atomic E-state index is 0.207. The van der Waals surface area contributed by atoms with E-state index in [1.165, 1.54) is 23.0 Å². The number of hydrogen-bond acceptors (Lipinski definition) is 4. The van der Waals surface area contributed by atoms with E-state index in [1.54, 1.807) is 4.68 Å². The molecule has 1 amide bonds. The van der Waals surface area contributed by atoms with Gasteiger partial charge in [0.2, 0.25) is 5.91 Å². The molecular formula is C21H17Cl2N5O2. The number of halogens is 2. The molecule has 4 aromatic rings. The molecular weight excluding hydrogens is 425 g/mol. The fourth-order valence-electron chi connectivity index (χ4n) is 3.29. The smallest absolute Gasteiger partial charge is 0.261 e. The van der Waals surface area contributed by atoms with Crippen molar-refractivity contribution in [1.29, 1.82) is 0 Å². The minimum Gasteiger partial charge on any atom is -0.321 e. The Morgan fingerprint density at radius 1 is 1.13 bits per heavy atom. The van der Waals surface area contributed by atoms with E-state index in [4.69, 9.17) is 23.2 Å². The van der Waals surface area contributed by atoms with Crippen molar-refractivity contribution in [3.05, 3.63) is 80.6 Å². The quantitative estimate of drug-likeness (QED) is 0.515. The highest BCUT2D eigenvalue weighted by molar-refractivity contribution is 6.38. The van der Waals surface area contributed by atoms with Gasteiger partial charge in [0, 0.05) is 5.02 Å². The first kappa shape index (κ1) is 20.1. The van der Waals surface area contributed by atoms with Crippen molar-refractivity contribution >= 4 is 45.7 Å². The first-order valence-electron chi connectivity index (χ1n) is 9.11. The Bertz CT molecular complexity index is 1330. The molecule has 0 spiro atoms. The maximum absolute atomic E-state index is 12.8. The summed E-state index contributed by atoms with van der Waals surface area (Å²) in [5, 5.41) is 8.23. The van der Waals surface area contributed by atoms with E-state index in [0.29, 0.717) is 21.9 Å². The fourth-order valence-corrected chi connectivity index (χ4v) is 3.83. The van der Waals surface area contributed by atoms with Gasteiger partial charge in [-0.25, -0.2) is 9.67 Å². The molecule has 2 heterocycles. The second kappa shape index (κ2) is 7.93. The van der Waals surface area contributed by atoms with E-state index < -0.39 is 5.56 Å². The first-order chi connectivity index (χ1) is 14.3. The SMILES string of the molecule is Cc1nn(-c2ccccc2)c(C)c1NC(=O)Cn1cnc2c(Cl)cc(Cl)cc2c1=O. The number of nitrogens with zero attached hydrogens (tertiary/aromatic N) is 4. The Morgan fingerprint density at radius 3 is 2.60 bits per heavy atom. The van der Waals surface area contributed by atoms with Crippen molar-refractivity contribution in [1.82, 2.24) is 19.3 Å². The zero-order chi connectivity index (χ0) is 21.4. The van der Waals surface area contributed by atoms with Gasteiger partial charge in [0.1, 0.15) is 6.54 Å². The van der Waals surface area contributed by atoms with Gasteiger partial charge in [0.15, 0.2) is 0 Å². The van der Waals surface area contributed by atoms with Crippen LogP contribution in [-0.4, -0.2) is 25.2 Å². The molecule has 4 rings (SSSR count). The van der Waals surface area contributed by atoms with Crippen LogP contribution < -0.4 is 10.9 Å². The summed E-state index contributed by atoms with van der Waals surface area (Å²) in [5.74, 6) is -0.370. The Kier molecular flexibility index (Phi) is 5.32. The Morgan fingerprint density at radius 2 is 1.87 bits per heavy atom. The highest BCUT2D eigenvalue weighted by Crippen LogP contribution is 2.24. The predicted octanol–water partition coefficient (Wildman–Crippen LogP) is 4.14. The maximum atomic E-state index is 12.8. The number of aryl methyl sites for hydroxylation is 1. The van der Waals surface area contributed by atoms with Crippen molar-refractivity contribution in [3.8, 4) is 5.69 Å². The summed E-state index contributed by atoms with van der Waals surface area (Å²) in [7, 11) is 0. The van der Waals surface area contributed by atoms with Gasteiger partial charge in [-0.15, -0.1) is 0 Å². The molecule has 0 atom stereocenters. The molecule has 2 aromatic carbocycles. The van der Waals surface area contributed by atoms with Gasteiger partial charge in [-0.1, -0.05) is 41.4 Å². The topological polar surface area (TPSA) is 81.8 Å². The minimum atomic E-state index is -0.395. The highest BCUT2D eigenvalue weighted by Gasteiger charge is 2.17. The van der Waals surface area contributed by atoms with Crippen LogP contribution in [-0.2, 0) is 11.3 Å². The van der Waals surface area contributed by atoms with Crippen LogP contribution in [0.5, 0.6) is 0 Å². The summed E-state index contributed by atoms with van der Waals surface area (Å²) in [6.07, 6.45) is 1.30. The Balaban J connectivity index is 1.61. The third kappa shape index (κ3) is 3.69. The van der Waals surface area contributed by atoms with Gasteiger partial charge in [-0.3, -0.25) is 14.2 Å². The van der Waals surface area contributed by atoms with Crippen molar-refractivity contribution < 1.29 is 4.79 Å². The molecule has 7 nitrogen and oxygen atoms in total. The number of anilines is 1. The molecule has 0 aliphatic heterocycles. The van der Waals surface area contributed by atoms with E-state index in [0.717, 1.165) is 11.4 Å². The Labute approximate surface area is 181 Å². The summed E-state index contributed by atoms with van der Waals surface area (Å²) in [5.41, 5.74) is 2.91.